The van der Waals surface area contributed by atoms with E-state index in [2.05, 4.69) is 10.6 Å². The lowest BCUT2D eigenvalue weighted by atomic mass is 10.1. The SMILES string of the molecule is O=C(CN(c1ccc(Cl)cc1Cl)S(=O)(=O)c1ccccc1)Nc1ccccc1C(=O)NC[C@@H]1CCCO1. The molecule has 8 nitrogen and oxygen atoms in total. The predicted octanol–water partition coefficient (Wildman–Crippen LogP) is 4.74. The number of benzene rings is 3. The fourth-order valence-corrected chi connectivity index (χ4v) is 5.94. The highest BCUT2D eigenvalue weighted by Gasteiger charge is 2.29. The third kappa shape index (κ3) is 6.61. The van der Waals surface area contributed by atoms with E-state index in [4.69, 9.17) is 27.9 Å². The standard InChI is InChI=1S/C26H25Cl2N3O5S/c27-18-12-13-24(22(28)15-18)31(37(34,35)20-8-2-1-3-9-20)17-25(32)30-23-11-5-4-10-21(23)26(33)29-16-19-7-6-14-36-19/h1-5,8-13,15,19H,6-7,14,16-17H2,(H,29,33)(H,30,32)/t19-/m0/s1. The fraction of sp³-hybridized carbons (Fsp3) is 0.231. The summed E-state index contributed by atoms with van der Waals surface area (Å²) in [6.45, 7) is 0.441. The van der Waals surface area contributed by atoms with Crippen LogP contribution in [0.4, 0.5) is 11.4 Å². The second-order valence-electron chi connectivity index (χ2n) is 8.36. The van der Waals surface area contributed by atoms with Crippen LogP contribution in [0.15, 0.2) is 77.7 Å². The molecular weight excluding hydrogens is 537 g/mol. The van der Waals surface area contributed by atoms with Crippen molar-refractivity contribution in [2.45, 2.75) is 23.8 Å². The number of carbonyl (C=O) groups is 2. The lowest BCUT2D eigenvalue weighted by molar-refractivity contribution is -0.114. The van der Waals surface area contributed by atoms with Crippen LogP contribution >= 0.6 is 23.2 Å². The molecule has 1 heterocycles. The molecule has 3 aromatic rings. The van der Waals surface area contributed by atoms with Gasteiger partial charge in [-0.25, -0.2) is 8.42 Å². The minimum atomic E-state index is -4.17. The number of hydrogen-bond acceptors (Lipinski definition) is 5. The molecule has 4 rings (SSSR count). The van der Waals surface area contributed by atoms with Crippen molar-refractivity contribution in [3.63, 3.8) is 0 Å². The van der Waals surface area contributed by atoms with E-state index in [1.165, 1.54) is 30.3 Å². The molecule has 1 aliphatic heterocycles. The maximum atomic E-state index is 13.5. The van der Waals surface area contributed by atoms with E-state index < -0.39 is 22.5 Å². The van der Waals surface area contributed by atoms with Crippen LogP contribution in [-0.4, -0.2) is 46.0 Å². The maximum Gasteiger partial charge on any atom is 0.264 e. The number of sulfonamides is 1. The Morgan fingerprint density at radius 3 is 2.43 bits per heavy atom. The van der Waals surface area contributed by atoms with Crippen molar-refractivity contribution in [3.8, 4) is 0 Å². The van der Waals surface area contributed by atoms with Crippen molar-refractivity contribution < 1.29 is 22.7 Å². The summed E-state index contributed by atoms with van der Waals surface area (Å²) in [5.41, 5.74) is 0.583. The van der Waals surface area contributed by atoms with E-state index in [-0.39, 0.29) is 38.9 Å². The fourth-order valence-electron chi connectivity index (χ4n) is 3.92. The van der Waals surface area contributed by atoms with Crippen molar-refractivity contribution in [2.75, 3.05) is 29.3 Å². The second-order valence-corrected chi connectivity index (χ2v) is 11.1. The quantitative estimate of drug-likeness (QED) is 0.392. The number of para-hydroxylation sites is 1. The van der Waals surface area contributed by atoms with Gasteiger partial charge in [-0.05, 0) is 55.3 Å². The number of halogens is 2. The molecule has 0 bridgehead atoms. The van der Waals surface area contributed by atoms with Gasteiger partial charge in [-0.15, -0.1) is 0 Å². The largest absolute Gasteiger partial charge is 0.376 e. The van der Waals surface area contributed by atoms with Gasteiger partial charge in [-0.1, -0.05) is 53.5 Å². The lowest BCUT2D eigenvalue weighted by Gasteiger charge is -2.25. The number of hydrogen-bond donors (Lipinski definition) is 2. The molecule has 0 unspecified atom stereocenters. The average molecular weight is 562 g/mol. The Morgan fingerprint density at radius 1 is 1.00 bits per heavy atom. The van der Waals surface area contributed by atoms with Crippen LogP contribution in [0.3, 0.4) is 0 Å². The van der Waals surface area contributed by atoms with Crippen molar-refractivity contribution in [1.29, 1.82) is 0 Å². The van der Waals surface area contributed by atoms with E-state index in [1.54, 1.807) is 42.5 Å². The van der Waals surface area contributed by atoms with Crippen LogP contribution in [0, 0.1) is 0 Å². The van der Waals surface area contributed by atoms with Crippen LogP contribution in [-0.2, 0) is 19.6 Å². The van der Waals surface area contributed by atoms with Crippen LogP contribution < -0.4 is 14.9 Å². The third-order valence-corrected chi connectivity index (χ3v) is 8.07. The van der Waals surface area contributed by atoms with Gasteiger partial charge in [0.2, 0.25) is 5.91 Å². The Labute approximate surface area is 225 Å². The van der Waals surface area contributed by atoms with Gasteiger partial charge in [0, 0.05) is 18.2 Å². The summed E-state index contributed by atoms with van der Waals surface area (Å²) in [7, 11) is -4.17. The molecule has 2 amide bonds. The highest BCUT2D eigenvalue weighted by Crippen LogP contribution is 2.32. The molecular formula is C26H25Cl2N3O5S. The van der Waals surface area contributed by atoms with Gasteiger partial charge < -0.3 is 15.4 Å². The summed E-state index contributed by atoms with van der Waals surface area (Å²) < 4.78 is 33.5. The molecule has 0 aromatic heterocycles. The molecule has 0 spiro atoms. The molecule has 194 valence electrons. The summed E-state index contributed by atoms with van der Waals surface area (Å²) in [6.07, 6.45) is 1.79. The first-order valence-electron chi connectivity index (χ1n) is 11.6. The van der Waals surface area contributed by atoms with Crippen molar-refractivity contribution in [2.24, 2.45) is 0 Å². The second kappa shape index (κ2) is 12.0. The summed E-state index contributed by atoms with van der Waals surface area (Å²) in [5.74, 6) is -1.04. The molecule has 11 heteroatoms. The normalized spacial score (nSPS) is 15.2. The molecule has 1 fully saturated rings. The number of nitrogens with zero attached hydrogens (tertiary/aromatic N) is 1. The maximum absolute atomic E-state index is 13.5. The highest BCUT2D eigenvalue weighted by atomic mass is 35.5. The number of amides is 2. The van der Waals surface area contributed by atoms with E-state index in [0.29, 0.717) is 18.2 Å². The number of ether oxygens (including phenoxy) is 1. The monoisotopic (exact) mass is 561 g/mol. The van der Waals surface area contributed by atoms with Crippen molar-refractivity contribution in [3.05, 3.63) is 88.4 Å². The first-order valence-corrected chi connectivity index (χ1v) is 13.8. The Kier molecular flexibility index (Phi) is 8.71. The topological polar surface area (TPSA) is 105 Å². The van der Waals surface area contributed by atoms with Gasteiger partial charge in [-0.2, -0.15) is 0 Å². The van der Waals surface area contributed by atoms with Gasteiger partial charge >= 0.3 is 0 Å². The minimum Gasteiger partial charge on any atom is -0.376 e. The number of anilines is 2. The molecule has 3 aromatic carbocycles. The molecule has 1 atom stereocenters. The third-order valence-electron chi connectivity index (χ3n) is 5.76. The minimum absolute atomic E-state index is 0.0114. The van der Waals surface area contributed by atoms with Crippen LogP contribution in [0.1, 0.15) is 23.2 Å². The van der Waals surface area contributed by atoms with Crippen LogP contribution in [0.2, 0.25) is 10.0 Å². The zero-order valence-electron chi connectivity index (χ0n) is 19.7. The molecule has 2 N–H and O–H groups in total. The zero-order valence-corrected chi connectivity index (χ0v) is 22.0. The summed E-state index contributed by atoms with van der Waals surface area (Å²) in [5, 5.41) is 5.88. The number of nitrogens with one attached hydrogen (secondary N) is 2. The van der Waals surface area contributed by atoms with E-state index in [9.17, 15) is 18.0 Å². The van der Waals surface area contributed by atoms with Crippen LogP contribution in [0.25, 0.3) is 0 Å². The van der Waals surface area contributed by atoms with Crippen molar-refractivity contribution in [1.82, 2.24) is 5.32 Å². The van der Waals surface area contributed by atoms with Crippen LogP contribution in [0.5, 0.6) is 0 Å². The molecule has 0 aliphatic carbocycles. The Bertz CT molecular complexity index is 1380. The Balaban J connectivity index is 1.57. The number of carbonyl (C=O) groups excluding carboxylic acids is 2. The average Bonchev–Trinajstić information content (AvgIpc) is 3.41. The summed E-state index contributed by atoms with van der Waals surface area (Å²) in [4.78, 5) is 26.0. The summed E-state index contributed by atoms with van der Waals surface area (Å²) >= 11 is 12.3. The first kappa shape index (κ1) is 26.9. The van der Waals surface area contributed by atoms with Gasteiger partial charge in [0.05, 0.1) is 33.0 Å². The first-order chi connectivity index (χ1) is 17.8. The van der Waals surface area contributed by atoms with E-state index in [1.807, 2.05) is 0 Å². The van der Waals surface area contributed by atoms with Gasteiger partial charge in [0.1, 0.15) is 6.54 Å². The molecule has 1 saturated heterocycles. The number of rotatable bonds is 9. The molecule has 37 heavy (non-hydrogen) atoms. The Hall–Kier alpha value is -3.11. The van der Waals surface area contributed by atoms with E-state index >= 15 is 0 Å². The van der Waals surface area contributed by atoms with Crippen molar-refractivity contribution >= 4 is 56.4 Å². The molecule has 0 radical (unpaired) electrons. The predicted molar refractivity (Wildman–Crippen MR) is 144 cm³/mol. The molecule has 0 saturated carbocycles. The van der Waals surface area contributed by atoms with Gasteiger partial charge in [-0.3, -0.25) is 13.9 Å². The Morgan fingerprint density at radius 2 is 1.73 bits per heavy atom. The summed E-state index contributed by atoms with van der Waals surface area (Å²) in [6, 6.07) is 18.5. The highest BCUT2D eigenvalue weighted by molar-refractivity contribution is 7.92. The zero-order chi connectivity index (χ0) is 26.4. The van der Waals surface area contributed by atoms with Gasteiger partial charge in [0.15, 0.2) is 0 Å². The molecule has 1 aliphatic rings. The van der Waals surface area contributed by atoms with Gasteiger partial charge in [0.25, 0.3) is 15.9 Å². The smallest absolute Gasteiger partial charge is 0.264 e. The lowest BCUT2D eigenvalue weighted by Crippen LogP contribution is -2.38. The van der Waals surface area contributed by atoms with E-state index in [0.717, 1.165) is 17.1 Å².